The SMILES string of the molecule is CCCc1cc2ccc3ncccc3c2nc1N. The molecule has 18 heavy (non-hydrogen) atoms. The maximum Gasteiger partial charge on any atom is 0.127 e. The van der Waals surface area contributed by atoms with Crippen LogP contribution in [0.1, 0.15) is 18.9 Å². The number of pyridine rings is 2. The van der Waals surface area contributed by atoms with Crippen molar-refractivity contribution in [2.45, 2.75) is 19.8 Å². The van der Waals surface area contributed by atoms with Gasteiger partial charge in [0.25, 0.3) is 0 Å². The molecule has 0 fully saturated rings. The highest BCUT2D eigenvalue weighted by Gasteiger charge is 2.06. The Kier molecular flexibility index (Phi) is 2.59. The van der Waals surface area contributed by atoms with Gasteiger partial charge in [-0.1, -0.05) is 19.4 Å². The van der Waals surface area contributed by atoms with Crippen molar-refractivity contribution in [2.75, 3.05) is 5.73 Å². The monoisotopic (exact) mass is 237 g/mol. The predicted molar refractivity (Wildman–Crippen MR) is 75.5 cm³/mol. The van der Waals surface area contributed by atoms with Crippen LogP contribution in [0.5, 0.6) is 0 Å². The quantitative estimate of drug-likeness (QED) is 0.695. The number of hydrogen-bond acceptors (Lipinski definition) is 3. The van der Waals surface area contributed by atoms with Crippen LogP contribution < -0.4 is 5.73 Å². The molecule has 0 bridgehead atoms. The van der Waals surface area contributed by atoms with Crippen LogP contribution in [0.25, 0.3) is 21.8 Å². The van der Waals surface area contributed by atoms with E-state index >= 15 is 0 Å². The normalized spacial score (nSPS) is 11.2. The summed E-state index contributed by atoms with van der Waals surface area (Å²) in [5, 5.41) is 2.19. The standard InChI is InChI=1S/C15H15N3/c1-2-4-11-9-10-6-7-13-12(5-3-8-17-13)14(10)18-15(11)16/h3,5-9H,2,4H2,1H3,(H2,16,18). The van der Waals surface area contributed by atoms with Gasteiger partial charge in [0.05, 0.1) is 11.0 Å². The third-order valence-corrected chi connectivity index (χ3v) is 3.20. The van der Waals surface area contributed by atoms with E-state index in [4.69, 9.17) is 5.73 Å². The van der Waals surface area contributed by atoms with Crippen LogP contribution in [0, 0.1) is 0 Å². The molecule has 0 saturated heterocycles. The number of benzene rings is 1. The summed E-state index contributed by atoms with van der Waals surface area (Å²) in [6, 6.07) is 10.2. The Hall–Kier alpha value is -2.16. The van der Waals surface area contributed by atoms with Crippen molar-refractivity contribution in [3.05, 3.63) is 42.1 Å². The second-order valence-electron chi connectivity index (χ2n) is 4.49. The van der Waals surface area contributed by atoms with Crippen LogP contribution in [0.15, 0.2) is 36.5 Å². The molecule has 0 aliphatic heterocycles. The zero-order valence-corrected chi connectivity index (χ0v) is 10.4. The number of aromatic nitrogens is 2. The molecule has 0 saturated carbocycles. The average Bonchev–Trinajstić information content (AvgIpc) is 2.40. The first-order valence-electron chi connectivity index (χ1n) is 6.22. The summed E-state index contributed by atoms with van der Waals surface area (Å²) in [5.41, 5.74) is 9.07. The molecule has 2 aromatic heterocycles. The number of hydrogen-bond donors (Lipinski definition) is 1. The number of anilines is 1. The van der Waals surface area contributed by atoms with Crippen molar-refractivity contribution < 1.29 is 0 Å². The van der Waals surface area contributed by atoms with Gasteiger partial charge < -0.3 is 5.73 Å². The molecule has 0 aliphatic carbocycles. The van der Waals surface area contributed by atoms with E-state index in [1.807, 2.05) is 18.2 Å². The van der Waals surface area contributed by atoms with Gasteiger partial charge in [-0.3, -0.25) is 4.98 Å². The van der Waals surface area contributed by atoms with E-state index in [0.29, 0.717) is 5.82 Å². The zero-order valence-electron chi connectivity index (χ0n) is 10.4. The molecule has 2 heterocycles. The molecular formula is C15H15N3. The fraction of sp³-hybridized carbons (Fsp3) is 0.200. The number of nitrogens with two attached hydrogens (primary N) is 1. The Morgan fingerprint density at radius 1 is 1.22 bits per heavy atom. The van der Waals surface area contributed by atoms with Gasteiger partial charge in [0.1, 0.15) is 5.82 Å². The first-order chi connectivity index (χ1) is 8.79. The minimum absolute atomic E-state index is 0.640. The second kappa shape index (κ2) is 4.26. The fourth-order valence-electron chi connectivity index (χ4n) is 2.32. The van der Waals surface area contributed by atoms with E-state index in [9.17, 15) is 0 Å². The van der Waals surface area contributed by atoms with Gasteiger partial charge in [-0.05, 0) is 36.2 Å². The average molecular weight is 237 g/mol. The molecule has 0 unspecified atom stereocenters. The van der Waals surface area contributed by atoms with Crippen LogP contribution >= 0.6 is 0 Å². The summed E-state index contributed by atoms with van der Waals surface area (Å²) in [7, 11) is 0. The highest BCUT2D eigenvalue weighted by molar-refractivity contribution is 6.04. The Morgan fingerprint density at radius 3 is 2.94 bits per heavy atom. The molecule has 0 spiro atoms. The lowest BCUT2D eigenvalue weighted by molar-refractivity contribution is 0.921. The van der Waals surface area contributed by atoms with Crippen molar-refractivity contribution >= 4 is 27.6 Å². The van der Waals surface area contributed by atoms with Crippen molar-refractivity contribution in [3.63, 3.8) is 0 Å². The summed E-state index contributed by atoms with van der Waals surface area (Å²) >= 11 is 0. The maximum absolute atomic E-state index is 6.03. The van der Waals surface area contributed by atoms with Gasteiger partial charge in [0.2, 0.25) is 0 Å². The lowest BCUT2D eigenvalue weighted by Gasteiger charge is -2.08. The van der Waals surface area contributed by atoms with Crippen LogP contribution in [0.3, 0.4) is 0 Å². The van der Waals surface area contributed by atoms with Crippen molar-refractivity contribution in [1.29, 1.82) is 0 Å². The van der Waals surface area contributed by atoms with E-state index in [2.05, 4.69) is 29.0 Å². The molecule has 2 N–H and O–H groups in total. The highest BCUT2D eigenvalue weighted by atomic mass is 14.8. The summed E-state index contributed by atoms with van der Waals surface area (Å²) in [5.74, 6) is 0.640. The first-order valence-corrected chi connectivity index (χ1v) is 6.22. The molecule has 3 heteroatoms. The van der Waals surface area contributed by atoms with E-state index in [-0.39, 0.29) is 0 Å². The summed E-state index contributed by atoms with van der Waals surface area (Å²) in [6.07, 6.45) is 3.84. The van der Waals surface area contributed by atoms with Crippen molar-refractivity contribution in [2.24, 2.45) is 0 Å². The molecule has 1 aromatic carbocycles. The molecule has 3 nitrogen and oxygen atoms in total. The molecule has 0 atom stereocenters. The molecule has 3 aromatic rings. The van der Waals surface area contributed by atoms with E-state index < -0.39 is 0 Å². The Labute approximate surface area is 106 Å². The van der Waals surface area contributed by atoms with Gasteiger partial charge in [0.15, 0.2) is 0 Å². The number of nitrogens with zero attached hydrogens (tertiary/aromatic N) is 2. The Balaban J connectivity index is 2.35. The van der Waals surface area contributed by atoms with Crippen LogP contribution in [-0.2, 0) is 6.42 Å². The lowest BCUT2D eigenvalue weighted by atomic mass is 10.1. The summed E-state index contributed by atoms with van der Waals surface area (Å²) in [6.45, 7) is 2.15. The highest BCUT2D eigenvalue weighted by Crippen LogP contribution is 2.25. The topological polar surface area (TPSA) is 51.8 Å². The minimum Gasteiger partial charge on any atom is -0.383 e. The number of rotatable bonds is 2. The third-order valence-electron chi connectivity index (χ3n) is 3.20. The Bertz CT molecular complexity index is 719. The van der Waals surface area contributed by atoms with Crippen molar-refractivity contribution in [1.82, 2.24) is 9.97 Å². The summed E-state index contributed by atoms with van der Waals surface area (Å²) in [4.78, 5) is 8.90. The number of aryl methyl sites for hydroxylation is 1. The van der Waals surface area contributed by atoms with Gasteiger partial charge in [-0.15, -0.1) is 0 Å². The minimum atomic E-state index is 0.640. The maximum atomic E-state index is 6.03. The van der Waals surface area contributed by atoms with E-state index in [0.717, 1.165) is 40.2 Å². The first kappa shape index (κ1) is 11.0. The molecule has 3 rings (SSSR count). The number of fused-ring (bicyclic) bond motifs is 3. The summed E-state index contributed by atoms with van der Waals surface area (Å²) < 4.78 is 0. The molecule has 0 amide bonds. The van der Waals surface area contributed by atoms with Gasteiger partial charge in [0, 0.05) is 17.0 Å². The van der Waals surface area contributed by atoms with E-state index in [1.165, 1.54) is 0 Å². The molecule has 0 aliphatic rings. The van der Waals surface area contributed by atoms with Crippen LogP contribution in [-0.4, -0.2) is 9.97 Å². The lowest BCUT2D eigenvalue weighted by Crippen LogP contribution is -1.98. The van der Waals surface area contributed by atoms with Gasteiger partial charge in [-0.25, -0.2) is 4.98 Å². The largest absolute Gasteiger partial charge is 0.383 e. The number of nitrogen functional groups attached to an aromatic ring is 1. The van der Waals surface area contributed by atoms with Crippen LogP contribution in [0.4, 0.5) is 5.82 Å². The van der Waals surface area contributed by atoms with Crippen molar-refractivity contribution in [3.8, 4) is 0 Å². The van der Waals surface area contributed by atoms with Crippen LogP contribution in [0.2, 0.25) is 0 Å². The van der Waals surface area contributed by atoms with E-state index in [1.54, 1.807) is 6.20 Å². The molecular weight excluding hydrogens is 222 g/mol. The molecule has 0 radical (unpaired) electrons. The smallest absolute Gasteiger partial charge is 0.127 e. The zero-order chi connectivity index (χ0) is 12.5. The molecule has 90 valence electrons. The fourth-order valence-corrected chi connectivity index (χ4v) is 2.32. The second-order valence-corrected chi connectivity index (χ2v) is 4.49. The predicted octanol–water partition coefficient (Wildman–Crippen LogP) is 3.32. The Morgan fingerprint density at radius 2 is 2.11 bits per heavy atom. The third kappa shape index (κ3) is 1.68. The van der Waals surface area contributed by atoms with Gasteiger partial charge >= 0.3 is 0 Å². The van der Waals surface area contributed by atoms with Gasteiger partial charge in [-0.2, -0.15) is 0 Å².